The van der Waals surface area contributed by atoms with E-state index in [1.807, 2.05) is 0 Å². The predicted molar refractivity (Wildman–Crippen MR) is 79.6 cm³/mol. The second-order valence-corrected chi connectivity index (χ2v) is 5.41. The molecule has 2 N–H and O–H groups in total. The van der Waals surface area contributed by atoms with Crippen LogP contribution in [0.2, 0.25) is 0 Å². The van der Waals surface area contributed by atoms with Gasteiger partial charge < -0.3 is 15.2 Å². The number of hydrogen-bond acceptors (Lipinski definition) is 4. The van der Waals surface area contributed by atoms with Crippen LogP contribution in [0.4, 0.5) is 13.2 Å². The van der Waals surface area contributed by atoms with Crippen molar-refractivity contribution in [2.45, 2.75) is 12.3 Å². The average molecular weight is 345 g/mol. The molecule has 1 aromatic carbocycles. The Bertz CT molecular complexity index is 685. The molecular formula is C15H14F3NO3S. The topological polar surface area (TPSA) is 58.6 Å². The summed E-state index contributed by atoms with van der Waals surface area (Å²) in [5.41, 5.74) is -0.988. The van der Waals surface area contributed by atoms with E-state index in [1.165, 1.54) is 7.11 Å². The van der Waals surface area contributed by atoms with E-state index in [0.29, 0.717) is 11.3 Å². The molecule has 1 heterocycles. The van der Waals surface area contributed by atoms with Gasteiger partial charge in [0.1, 0.15) is 5.75 Å². The third-order valence-electron chi connectivity index (χ3n) is 3.17. The highest BCUT2D eigenvalue weighted by Crippen LogP contribution is 2.34. The molecule has 2 rings (SSSR count). The second-order valence-electron chi connectivity index (χ2n) is 4.66. The van der Waals surface area contributed by atoms with Crippen LogP contribution in [0.5, 0.6) is 5.75 Å². The number of para-hydroxylation sites is 1. The number of halogens is 3. The van der Waals surface area contributed by atoms with E-state index < -0.39 is 29.3 Å². The molecule has 0 aliphatic rings. The molecule has 0 saturated heterocycles. The van der Waals surface area contributed by atoms with Gasteiger partial charge in [-0.05, 0) is 6.07 Å². The van der Waals surface area contributed by atoms with E-state index >= 15 is 0 Å². The molecule has 0 radical (unpaired) electrons. The molecule has 124 valence electrons. The minimum atomic E-state index is -4.59. The molecule has 0 bridgehead atoms. The number of ether oxygens (including phenoxy) is 1. The number of aliphatic hydroxyl groups is 1. The lowest BCUT2D eigenvalue weighted by atomic mass is 10.1. The SMILES string of the molecule is COc1ccccc1[C@H](O)CNC(=O)c1cscc1C(F)(F)F. The van der Waals surface area contributed by atoms with Crippen LogP contribution >= 0.6 is 11.3 Å². The van der Waals surface area contributed by atoms with E-state index in [1.54, 1.807) is 24.3 Å². The lowest BCUT2D eigenvalue weighted by Gasteiger charge is -2.15. The molecular weight excluding hydrogens is 331 g/mol. The quantitative estimate of drug-likeness (QED) is 0.875. The van der Waals surface area contributed by atoms with Gasteiger partial charge in [0.2, 0.25) is 0 Å². The van der Waals surface area contributed by atoms with Crippen molar-refractivity contribution in [1.29, 1.82) is 0 Å². The van der Waals surface area contributed by atoms with Gasteiger partial charge in [0, 0.05) is 22.9 Å². The highest BCUT2D eigenvalue weighted by atomic mass is 32.1. The number of amides is 1. The van der Waals surface area contributed by atoms with Gasteiger partial charge in [-0.15, -0.1) is 0 Å². The Morgan fingerprint density at radius 1 is 1.35 bits per heavy atom. The van der Waals surface area contributed by atoms with Crippen LogP contribution in [-0.4, -0.2) is 24.7 Å². The van der Waals surface area contributed by atoms with Crippen molar-refractivity contribution in [3.63, 3.8) is 0 Å². The van der Waals surface area contributed by atoms with Crippen molar-refractivity contribution in [3.8, 4) is 5.75 Å². The predicted octanol–water partition coefficient (Wildman–Crippen LogP) is 3.24. The number of alkyl halides is 3. The van der Waals surface area contributed by atoms with Gasteiger partial charge >= 0.3 is 6.18 Å². The molecule has 1 amide bonds. The number of benzene rings is 1. The smallest absolute Gasteiger partial charge is 0.417 e. The molecule has 0 saturated carbocycles. The summed E-state index contributed by atoms with van der Waals surface area (Å²) in [6, 6.07) is 6.65. The average Bonchev–Trinajstić information content (AvgIpc) is 3.02. The van der Waals surface area contributed by atoms with Gasteiger partial charge in [-0.1, -0.05) is 18.2 Å². The van der Waals surface area contributed by atoms with Crippen LogP contribution in [0.3, 0.4) is 0 Å². The molecule has 0 fully saturated rings. The van der Waals surface area contributed by atoms with Crippen LogP contribution in [-0.2, 0) is 6.18 Å². The van der Waals surface area contributed by atoms with Crippen LogP contribution in [0, 0.1) is 0 Å². The van der Waals surface area contributed by atoms with Gasteiger partial charge in [-0.25, -0.2) is 0 Å². The molecule has 2 aromatic rings. The summed E-state index contributed by atoms with van der Waals surface area (Å²) >= 11 is 0.795. The van der Waals surface area contributed by atoms with Gasteiger partial charge in [0.05, 0.1) is 24.3 Å². The van der Waals surface area contributed by atoms with Gasteiger partial charge in [-0.3, -0.25) is 4.79 Å². The van der Waals surface area contributed by atoms with E-state index in [-0.39, 0.29) is 6.54 Å². The van der Waals surface area contributed by atoms with Crippen molar-refractivity contribution in [2.24, 2.45) is 0 Å². The molecule has 23 heavy (non-hydrogen) atoms. The van der Waals surface area contributed by atoms with E-state index in [0.717, 1.165) is 22.1 Å². The number of methoxy groups -OCH3 is 1. The lowest BCUT2D eigenvalue weighted by Crippen LogP contribution is -2.29. The minimum absolute atomic E-state index is 0.230. The summed E-state index contributed by atoms with van der Waals surface area (Å²) in [5.74, 6) is -0.451. The number of aliphatic hydroxyl groups excluding tert-OH is 1. The Labute approximate surface area is 134 Å². The Hall–Kier alpha value is -2.06. The fourth-order valence-electron chi connectivity index (χ4n) is 2.03. The highest BCUT2D eigenvalue weighted by Gasteiger charge is 2.36. The largest absolute Gasteiger partial charge is 0.496 e. The first-order valence-corrected chi connectivity index (χ1v) is 7.51. The van der Waals surface area contributed by atoms with Crippen molar-refractivity contribution >= 4 is 17.2 Å². The minimum Gasteiger partial charge on any atom is -0.496 e. The Kier molecular flexibility index (Phi) is 5.27. The third-order valence-corrected chi connectivity index (χ3v) is 3.91. The maximum Gasteiger partial charge on any atom is 0.417 e. The van der Waals surface area contributed by atoms with Gasteiger partial charge in [-0.2, -0.15) is 24.5 Å². The van der Waals surface area contributed by atoms with E-state index in [2.05, 4.69) is 5.32 Å². The third kappa shape index (κ3) is 4.02. The number of carbonyl (C=O) groups is 1. The number of thiophene rings is 1. The molecule has 4 nitrogen and oxygen atoms in total. The zero-order valence-electron chi connectivity index (χ0n) is 12.1. The van der Waals surface area contributed by atoms with Crippen LogP contribution < -0.4 is 10.1 Å². The van der Waals surface area contributed by atoms with Gasteiger partial charge in [0.15, 0.2) is 0 Å². The Morgan fingerprint density at radius 2 is 2.04 bits per heavy atom. The fourth-order valence-corrected chi connectivity index (χ4v) is 2.86. The number of nitrogens with one attached hydrogen (secondary N) is 1. The maximum absolute atomic E-state index is 12.8. The fraction of sp³-hybridized carbons (Fsp3) is 0.267. The van der Waals surface area contributed by atoms with Gasteiger partial charge in [0.25, 0.3) is 5.91 Å². The molecule has 1 aromatic heterocycles. The number of hydrogen-bond donors (Lipinski definition) is 2. The summed E-state index contributed by atoms with van der Waals surface area (Å²) < 4.78 is 43.4. The zero-order valence-corrected chi connectivity index (χ0v) is 12.9. The first-order chi connectivity index (χ1) is 10.8. The summed E-state index contributed by atoms with van der Waals surface area (Å²) in [6.45, 7) is -0.230. The van der Waals surface area contributed by atoms with Crippen molar-refractivity contribution in [3.05, 3.63) is 51.7 Å². The summed E-state index contributed by atoms with van der Waals surface area (Å²) in [6.07, 6.45) is -5.68. The number of carbonyl (C=O) groups excluding carboxylic acids is 1. The van der Waals surface area contributed by atoms with Crippen molar-refractivity contribution in [1.82, 2.24) is 5.32 Å². The monoisotopic (exact) mass is 345 g/mol. The zero-order chi connectivity index (χ0) is 17.0. The van der Waals surface area contributed by atoms with Crippen molar-refractivity contribution in [2.75, 3.05) is 13.7 Å². The summed E-state index contributed by atoms with van der Waals surface area (Å²) in [7, 11) is 1.44. The van der Waals surface area contributed by atoms with Crippen LogP contribution in [0.15, 0.2) is 35.0 Å². The molecule has 8 heteroatoms. The standard InChI is InChI=1S/C15H14F3NO3S/c1-22-13-5-3-2-4-9(13)12(20)6-19-14(21)10-7-23-8-11(10)15(16,17)18/h2-5,7-8,12,20H,6H2,1H3,(H,19,21)/t12-/m1/s1. The first-order valence-electron chi connectivity index (χ1n) is 6.57. The molecule has 0 aliphatic carbocycles. The highest BCUT2D eigenvalue weighted by molar-refractivity contribution is 7.08. The summed E-state index contributed by atoms with van der Waals surface area (Å²) in [4.78, 5) is 11.9. The molecule has 0 aliphatic heterocycles. The summed E-state index contributed by atoms with van der Waals surface area (Å²) in [5, 5.41) is 14.4. The van der Waals surface area contributed by atoms with Crippen LogP contribution in [0.1, 0.15) is 27.6 Å². The second kappa shape index (κ2) is 7.01. The molecule has 1 atom stereocenters. The number of rotatable bonds is 5. The van der Waals surface area contributed by atoms with E-state index in [4.69, 9.17) is 4.74 Å². The maximum atomic E-state index is 12.8. The molecule has 0 spiro atoms. The lowest BCUT2D eigenvalue weighted by molar-refractivity contribution is -0.137. The van der Waals surface area contributed by atoms with Crippen LogP contribution in [0.25, 0.3) is 0 Å². The van der Waals surface area contributed by atoms with E-state index in [9.17, 15) is 23.1 Å². The first kappa shape index (κ1) is 17.3. The Balaban J connectivity index is 2.06. The molecule has 0 unspecified atom stereocenters. The normalized spacial score (nSPS) is 12.7. The Morgan fingerprint density at radius 3 is 2.70 bits per heavy atom. The van der Waals surface area contributed by atoms with Crippen molar-refractivity contribution < 1.29 is 27.8 Å².